The number of nitrogens with zero attached hydrogens (tertiary/aromatic N) is 1. The molecule has 21 heavy (non-hydrogen) atoms. The van der Waals surface area contributed by atoms with Crippen molar-refractivity contribution < 1.29 is 9.21 Å². The smallest absolute Gasteiger partial charge is 0.255 e. The summed E-state index contributed by atoms with van der Waals surface area (Å²) in [5.41, 5.74) is 2.74. The number of aromatic nitrogens is 1. The van der Waals surface area contributed by atoms with Crippen molar-refractivity contribution in [3.8, 4) is 5.69 Å². The SMILES string of the molecule is Cc1occc1C(=O)NCc1ccc(-n2cccc2)cc1. The molecule has 0 aliphatic carbocycles. The van der Waals surface area contributed by atoms with Crippen LogP contribution in [0.25, 0.3) is 5.69 Å². The lowest BCUT2D eigenvalue weighted by Crippen LogP contribution is -2.22. The van der Waals surface area contributed by atoms with E-state index in [9.17, 15) is 4.79 Å². The highest BCUT2D eigenvalue weighted by Crippen LogP contribution is 2.11. The van der Waals surface area contributed by atoms with Crippen molar-refractivity contribution in [1.82, 2.24) is 9.88 Å². The standard InChI is InChI=1S/C17H16N2O2/c1-13-16(8-11-21-13)17(20)18-12-14-4-6-15(7-5-14)19-9-2-3-10-19/h2-11H,12H2,1H3,(H,18,20). The molecule has 0 unspecified atom stereocenters. The molecule has 1 N–H and O–H groups in total. The van der Waals surface area contributed by atoms with E-state index in [1.54, 1.807) is 13.0 Å². The molecule has 2 heterocycles. The zero-order valence-electron chi connectivity index (χ0n) is 11.7. The van der Waals surface area contributed by atoms with Crippen LogP contribution in [-0.2, 0) is 6.54 Å². The van der Waals surface area contributed by atoms with Gasteiger partial charge in [0.25, 0.3) is 5.91 Å². The highest BCUT2D eigenvalue weighted by atomic mass is 16.3. The van der Waals surface area contributed by atoms with Crippen molar-refractivity contribution in [3.05, 3.63) is 78.0 Å². The van der Waals surface area contributed by atoms with Crippen molar-refractivity contribution in [3.63, 3.8) is 0 Å². The first-order chi connectivity index (χ1) is 10.2. The van der Waals surface area contributed by atoms with E-state index in [2.05, 4.69) is 5.32 Å². The summed E-state index contributed by atoms with van der Waals surface area (Å²) < 4.78 is 7.17. The highest BCUT2D eigenvalue weighted by Gasteiger charge is 2.10. The van der Waals surface area contributed by atoms with Crippen LogP contribution < -0.4 is 5.32 Å². The van der Waals surface area contributed by atoms with Crippen molar-refractivity contribution in [2.45, 2.75) is 13.5 Å². The van der Waals surface area contributed by atoms with Gasteiger partial charge < -0.3 is 14.3 Å². The van der Waals surface area contributed by atoms with Gasteiger partial charge in [0.05, 0.1) is 11.8 Å². The summed E-state index contributed by atoms with van der Waals surface area (Å²) in [5.74, 6) is 0.520. The van der Waals surface area contributed by atoms with E-state index in [0.29, 0.717) is 17.9 Å². The third-order valence-corrected chi connectivity index (χ3v) is 3.40. The van der Waals surface area contributed by atoms with Gasteiger partial charge in [-0.1, -0.05) is 12.1 Å². The summed E-state index contributed by atoms with van der Waals surface area (Å²) in [6, 6.07) is 13.7. The molecule has 4 nitrogen and oxygen atoms in total. The lowest BCUT2D eigenvalue weighted by Gasteiger charge is -2.07. The van der Waals surface area contributed by atoms with Crippen LogP contribution in [0, 0.1) is 6.92 Å². The highest BCUT2D eigenvalue weighted by molar-refractivity contribution is 5.94. The molecule has 0 aliphatic heterocycles. The van der Waals surface area contributed by atoms with Crippen molar-refractivity contribution in [2.24, 2.45) is 0 Å². The van der Waals surface area contributed by atoms with E-state index in [1.165, 1.54) is 6.26 Å². The minimum absolute atomic E-state index is 0.115. The lowest BCUT2D eigenvalue weighted by molar-refractivity contribution is 0.0949. The summed E-state index contributed by atoms with van der Waals surface area (Å²) in [6.07, 6.45) is 5.52. The molecule has 0 spiro atoms. The van der Waals surface area contributed by atoms with E-state index >= 15 is 0 Å². The predicted octanol–water partition coefficient (Wildman–Crippen LogP) is 3.31. The fraction of sp³-hybridized carbons (Fsp3) is 0.118. The van der Waals surface area contributed by atoms with Crippen LogP contribution in [-0.4, -0.2) is 10.5 Å². The van der Waals surface area contributed by atoms with Gasteiger partial charge in [0.15, 0.2) is 0 Å². The van der Waals surface area contributed by atoms with Crippen LogP contribution in [0.5, 0.6) is 0 Å². The van der Waals surface area contributed by atoms with E-state index in [-0.39, 0.29) is 5.91 Å². The van der Waals surface area contributed by atoms with Gasteiger partial charge in [-0.05, 0) is 42.8 Å². The number of rotatable bonds is 4. The van der Waals surface area contributed by atoms with Crippen LogP contribution >= 0.6 is 0 Å². The maximum atomic E-state index is 12.0. The maximum absolute atomic E-state index is 12.0. The third kappa shape index (κ3) is 2.89. The Morgan fingerprint density at radius 3 is 2.48 bits per heavy atom. The normalized spacial score (nSPS) is 10.5. The van der Waals surface area contributed by atoms with Crippen LogP contribution in [0.2, 0.25) is 0 Å². The van der Waals surface area contributed by atoms with E-state index in [4.69, 9.17) is 4.42 Å². The molecule has 0 atom stereocenters. The zero-order chi connectivity index (χ0) is 14.7. The molecule has 0 bridgehead atoms. The molecule has 0 aliphatic rings. The Labute approximate surface area is 123 Å². The molecule has 0 saturated carbocycles. The first-order valence-electron chi connectivity index (χ1n) is 6.78. The maximum Gasteiger partial charge on any atom is 0.255 e. The molecule has 0 saturated heterocycles. The van der Waals surface area contributed by atoms with Gasteiger partial charge in [-0.3, -0.25) is 4.79 Å². The Hall–Kier alpha value is -2.75. The van der Waals surface area contributed by atoms with Crippen LogP contribution in [0.4, 0.5) is 0 Å². The minimum atomic E-state index is -0.115. The average molecular weight is 280 g/mol. The first kappa shape index (κ1) is 13.2. The lowest BCUT2D eigenvalue weighted by atomic mass is 10.2. The number of benzene rings is 1. The third-order valence-electron chi connectivity index (χ3n) is 3.40. The minimum Gasteiger partial charge on any atom is -0.469 e. The number of nitrogens with one attached hydrogen (secondary N) is 1. The Balaban J connectivity index is 1.64. The number of aryl methyl sites for hydroxylation is 1. The van der Waals surface area contributed by atoms with Gasteiger partial charge >= 0.3 is 0 Å². The summed E-state index contributed by atoms with van der Waals surface area (Å²) in [7, 11) is 0. The Morgan fingerprint density at radius 1 is 1.14 bits per heavy atom. The molecular weight excluding hydrogens is 264 g/mol. The quantitative estimate of drug-likeness (QED) is 0.797. The second kappa shape index (κ2) is 5.71. The molecule has 4 heteroatoms. The molecule has 3 rings (SSSR count). The second-order valence-corrected chi connectivity index (χ2v) is 4.83. The number of carbonyl (C=O) groups is 1. The van der Waals surface area contributed by atoms with Crippen molar-refractivity contribution in [1.29, 1.82) is 0 Å². The number of hydrogen-bond donors (Lipinski definition) is 1. The van der Waals surface area contributed by atoms with Crippen LogP contribution in [0.15, 0.2) is 65.5 Å². The Morgan fingerprint density at radius 2 is 1.86 bits per heavy atom. The molecule has 2 aromatic heterocycles. The fourth-order valence-corrected chi connectivity index (χ4v) is 2.19. The van der Waals surface area contributed by atoms with Gasteiger partial charge in [0.1, 0.15) is 5.76 Å². The monoisotopic (exact) mass is 280 g/mol. The van der Waals surface area contributed by atoms with E-state index < -0.39 is 0 Å². The van der Waals surface area contributed by atoms with Gasteiger partial charge in [-0.25, -0.2) is 0 Å². The van der Waals surface area contributed by atoms with Gasteiger partial charge in [0, 0.05) is 24.6 Å². The molecule has 0 fully saturated rings. The van der Waals surface area contributed by atoms with Gasteiger partial charge in [-0.2, -0.15) is 0 Å². The van der Waals surface area contributed by atoms with Gasteiger partial charge in [-0.15, -0.1) is 0 Å². The van der Waals surface area contributed by atoms with Crippen LogP contribution in [0.1, 0.15) is 21.7 Å². The Kier molecular flexibility index (Phi) is 3.60. The number of amides is 1. The summed E-state index contributed by atoms with van der Waals surface area (Å²) in [6.45, 7) is 2.27. The molecule has 106 valence electrons. The summed E-state index contributed by atoms with van der Waals surface area (Å²) >= 11 is 0. The predicted molar refractivity (Wildman–Crippen MR) is 80.4 cm³/mol. The first-order valence-corrected chi connectivity index (χ1v) is 6.78. The molecule has 0 radical (unpaired) electrons. The topological polar surface area (TPSA) is 47.2 Å². The fourth-order valence-electron chi connectivity index (χ4n) is 2.19. The van der Waals surface area contributed by atoms with E-state index in [1.807, 2.05) is 53.4 Å². The van der Waals surface area contributed by atoms with Gasteiger partial charge in [0.2, 0.25) is 0 Å². The van der Waals surface area contributed by atoms with Crippen molar-refractivity contribution >= 4 is 5.91 Å². The number of carbonyl (C=O) groups excluding carboxylic acids is 1. The van der Waals surface area contributed by atoms with Crippen molar-refractivity contribution in [2.75, 3.05) is 0 Å². The Bertz CT molecular complexity index is 725. The van der Waals surface area contributed by atoms with E-state index in [0.717, 1.165) is 11.3 Å². The summed E-state index contributed by atoms with van der Waals surface area (Å²) in [5, 5.41) is 2.89. The second-order valence-electron chi connectivity index (χ2n) is 4.83. The number of furan rings is 1. The molecule has 3 aromatic rings. The zero-order valence-corrected chi connectivity index (χ0v) is 11.7. The van der Waals surface area contributed by atoms with Crippen LogP contribution in [0.3, 0.4) is 0 Å². The molecule has 1 amide bonds. The molecule has 1 aromatic carbocycles. The molecular formula is C17H16N2O2. The number of hydrogen-bond acceptors (Lipinski definition) is 2. The largest absolute Gasteiger partial charge is 0.469 e. The summed E-state index contributed by atoms with van der Waals surface area (Å²) in [4.78, 5) is 12.0. The average Bonchev–Trinajstić information content (AvgIpc) is 3.16.